The van der Waals surface area contributed by atoms with Gasteiger partial charge in [0.2, 0.25) is 0 Å². The van der Waals surface area contributed by atoms with Gasteiger partial charge in [0.15, 0.2) is 0 Å². The molecule has 1 aliphatic heterocycles. The van der Waals surface area contributed by atoms with E-state index in [1.54, 1.807) is 6.92 Å². The summed E-state index contributed by atoms with van der Waals surface area (Å²) in [7, 11) is 0. The van der Waals surface area contributed by atoms with Gasteiger partial charge in [-0.3, -0.25) is 0 Å². The molecule has 1 heterocycles. The molecule has 0 aliphatic carbocycles. The zero-order valence-corrected chi connectivity index (χ0v) is 11.8. The average Bonchev–Trinajstić information content (AvgIpc) is 2.32. The third-order valence-electron chi connectivity index (χ3n) is 4.04. The molecular formula is C16H22O2. The van der Waals surface area contributed by atoms with Gasteiger partial charge in [-0.25, -0.2) is 0 Å². The van der Waals surface area contributed by atoms with Crippen molar-refractivity contribution in [3.05, 3.63) is 28.8 Å². The quantitative estimate of drug-likeness (QED) is 0.811. The van der Waals surface area contributed by atoms with E-state index in [0.29, 0.717) is 6.42 Å². The van der Waals surface area contributed by atoms with Gasteiger partial charge in [0.1, 0.15) is 17.1 Å². The minimum absolute atomic E-state index is 0.183. The first kappa shape index (κ1) is 13.1. The summed E-state index contributed by atoms with van der Waals surface area (Å²) < 4.78 is 6.23. The molecule has 0 saturated heterocycles. The predicted molar refractivity (Wildman–Crippen MR) is 73.2 cm³/mol. The second kappa shape index (κ2) is 4.75. The molecule has 0 fully saturated rings. The Hall–Kier alpha value is -1.31. The summed E-state index contributed by atoms with van der Waals surface area (Å²) in [5.41, 5.74) is 3.63. The van der Waals surface area contributed by atoms with E-state index in [1.165, 1.54) is 16.7 Å². The van der Waals surface area contributed by atoms with Gasteiger partial charge in [-0.15, -0.1) is 0 Å². The molecule has 2 nitrogen and oxygen atoms in total. The Labute approximate surface area is 109 Å². The van der Waals surface area contributed by atoms with Crippen LogP contribution in [0.3, 0.4) is 0 Å². The molecule has 98 valence electrons. The van der Waals surface area contributed by atoms with Crippen molar-refractivity contribution in [2.45, 2.75) is 59.0 Å². The summed E-state index contributed by atoms with van der Waals surface area (Å²) in [4.78, 5) is 11.1. The lowest BCUT2D eigenvalue weighted by Crippen LogP contribution is -2.37. The van der Waals surface area contributed by atoms with E-state index in [0.717, 1.165) is 25.0 Å². The average molecular weight is 246 g/mol. The number of aryl methyl sites for hydroxylation is 2. The fourth-order valence-electron chi connectivity index (χ4n) is 2.50. The number of ether oxygens (including phenoxy) is 1. The summed E-state index contributed by atoms with van der Waals surface area (Å²) >= 11 is 0. The van der Waals surface area contributed by atoms with E-state index in [4.69, 9.17) is 4.74 Å². The Morgan fingerprint density at radius 2 is 2.11 bits per heavy atom. The lowest BCUT2D eigenvalue weighted by molar-refractivity contribution is -0.118. The van der Waals surface area contributed by atoms with Gasteiger partial charge in [0, 0.05) is 6.42 Å². The standard InChI is InChI=1S/C16H22O2/c1-11-5-6-14-8-10-16(4,9-7-12(2)17)18-15(14)13(11)3/h5-6H,7-10H2,1-4H3. The maximum atomic E-state index is 11.1. The van der Waals surface area contributed by atoms with Crippen molar-refractivity contribution in [1.82, 2.24) is 0 Å². The van der Waals surface area contributed by atoms with Gasteiger partial charge in [-0.2, -0.15) is 0 Å². The van der Waals surface area contributed by atoms with Crippen LogP contribution in [0.25, 0.3) is 0 Å². The minimum atomic E-state index is -0.183. The van der Waals surface area contributed by atoms with Crippen molar-refractivity contribution < 1.29 is 9.53 Å². The highest BCUT2D eigenvalue weighted by molar-refractivity contribution is 5.75. The highest BCUT2D eigenvalue weighted by atomic mass is 16.5. The highest BCUT2D eigenvalue weighted by Crippen LogP contribution is 2.38. The van der Waals surface area contributed by atoms with Crippen LogP contribution < -0.4 is 4.74 Å². The van der Waals surface area contributed by atoms with Crippen LogP contribution >= 0.6 is 0 Å². The molecule has 2 heteroatoms. The van der Waals surface area contributed by atoms with Crippen LogP contribution in [0.1, 0.15) is 49.8 Å². The molecule has 0 radical (unpaired) electrons. The molecule has 0 N–H and O–H groups in total. The van der Waals surface area contributed by atoms with Crippen LogP contribution in [-0.4, -0.2) is 11.4 Å². The van der Waals surface area contributed by atoms with Crippen LogP contribution in [-0.2, 0) is 11.2 Å². The zero-order chi connectivity index (χ0) is 13.3. The second-order valence-corrected chi connectivity index (χ2v) is 5.75. The van der Waals surface area contributed by atoms with Crippen LogP contribution in [0.2, 0.25) is 0 Å². The molecule has 1 aromatic carbocycles. The number of rotatable bonds is 3. The van der Waals surface area contributed by atoms with Crippen molar-refractivity contribution in [2.75, 3.05) is 0 Å². The van der Waals surface area contributed by atoms with Crippen LogP contribution in [0.4, 0.5) is 0 Å². The maximum Gasteiger partial charge on any atom is 0.129 e. The van der Waals surface area contributed by atoms with Crippen molar-refractivity contribution in [3.63, 3.8) is 0 Å². The maximum absolute atomic E-state index is 11.1. The number of carbonyl (C=O) groups excluding carboxylic acids is 1. The Morgan fingerprint density at radius 1 is 1.39 bits per heavy atom. The van der Waals surface area contributed by atoms with Crippen LogP contribution in [0.5, 0.6) is 5.75 Å². The second-order valence-electron chi connectivity index (χ2n) is 5.75. The summed E-state index contributed by atoms with van der Waals surface area (Å²) in [6.45, 7) is 8.00. The van der Waals surface area contributed by atoms with Crippen LogP contribution in [0.15, 0.2) is 12.1 Å². The minimum Gasteiger partial charge on any atom is -0.487 e. The number of carbonyl (C=O) groups is 1. The summed E-state index contributed by atoms with van der Waals surface area (Å²) in [6.07, 6.45) is 3.46. The molecule has 0 amide bonds. The molecule has 0 aromatic heterocycles. The molecule has 18 heavy (non-hydrogen) atoms. The third kappa shape index (κ3) is 2.58. The SMILES string of the molecule is CC(=O)CCC1(C)CCc2ccc(C)c(C)c2O1. The van der Waals surface area contributed by atoms with Crippen molar-refractivity contribution in [1.29, 1.82) is 0 Å². The first-order chi connectivity index (χ1) is 8.41. The number of fused-ring (bicyclic) bond motifs is 1. The lowest BCUT2D eigenvalue weighted by atomic mass is 9.87. The van der Waals surface area contributed by atoms with Crippen LogP contribution in [0, 0.1) is 13.8 Å². The molecule has 0 spiro atoms. The molecular weight excluding hydrogens is 224 g/mol. The molecule has 1 unspecified atom stereocenters. The molecule has 1 atom stereocenters. The van der Waals surface area contributed by atoms with Crippen molar-refractivity contribution >= 4 is 5.78 Å². The normalized spacial score (nSPS) is 22.2. The van der Waals surface area contributed by atoms with Gasteiger partial charge < -0.3 is 9.53 Å². The lowest BCUT2D eigenvalue weighted by Gasteiger charge is -2.37. The summed E-state index contributed by atoms with van der Waals surface area (Å²) in [6, 6.07) is 4.33. The topological polar surface area (TPSA) is 26.3 Å². The van der Waals surface area contributed by atoms with Gasteiger partial charge in [0.05, 0.1) is 0 Å². The van der Waals surface area contributed by atoms with E-state index < -0.39 is 0 Å². The monoisotopic (exact) mass is 246 g/mol. The van der Waals surface area contributed by atoms with E-state index in [2.05, 4.69) is 32.9 Å². The number of hydrogen-bond donors (Lipinski definition) is 0. The Bertz CT molecular complexity index is 476. The molecule has 0 bridgehead atoms. The molecule has 2 rings (SSSR count). The van der Waals surface area contributed by atoms with E-state index in [9.17, 15) is 4.79 Å². The van der Waals surface area contributed by atoms with E-state index in [1.807, 2.05) is 0 Å². The predicted octanol–water partition coefficient (Wildman–Crippen LogP) is 3.76. The number of hydrogen-bond acceptors (Lipinski definition) is 2. The Morgan fingerprint density at radius 3 is 2.78 bits per heavy atom. The van der Waals surface area contributed by atoms with Crippen molar-refractivity contribution in [3.8, 4) is 5.75 Å². The molecule has 0 saturated carbocycles. The number of ketones is 1. The fourth-order valence-corrected chi connectivity index (χ4v) is 2.50. The van der Waals surface area contributed by atoms with Crippen molar-refractivity contribution in [2.24, 2.45) is 0 Å². The Balaban J connectivity index is 2.22. The smallest absolute Gasteiger partial charge is 0.129 e. The van der Waals surface area contributed by atoms with E-state index >= 15 is 0 Å². The molecule has 1 aromatic rings. The largest absolute Gasteiger partial charge is 0.487 e. The third-order valence-corrected chi connectivity index (χ3v) is 4.04. The highest BCUT2D eigenvalue weighted by Gasteiger charge is 2.32. The van der Waals surface area contributed by atoms with E-state index in [-0.39, 0.29) is 11.4 Å². The van der Waals surface area contributed by atoms with Gasteiger partial charge in [0.25, 0.3) is 0 Å². The first-order valence-corrected chi connectivity index (χ1v) is 6.69. The zero-order valence-electron chi connectivity index (χ0n) is 11.8. The van der Waals surface area contributed by atoms with Gasteiger partial charge >= 0.3 is 0 Å². The van der Waals surface area contributed by atoms with Gasteiger partial charge in [-0.1, -0.05) is 12.1 Å². The summed E-state index contributed by atoms with van der Waals surface area (Å²) in [5.74, 6) is 1.29. The Kier molecular flexibility index (Phi) is 3.47. The number of Topliss-reactive ketones (excluding diaryl/α,β-unsaturated/α-hetero) is 1. The van der Waals surface area contributed by atoms with Gasteiger partial charge in [-0.05, 0) is 63.6 Å². The summed E-state index contributed by atoms with van der Waals surface area (Å²) in [5, 5.41) is 0. The first-order valence-electron chi connectivity index (χ1n) is 6.69. The number of benzene rings is 1. The fraction of sp³-hybridized carbons (Fsp3) is 0.562. The molecule has 1 aliphatic rings.